The number of aromatic nitrogens is 2. The van der Waals surface area contributed by atoms with Crippen LogP contribution in [0.2, 0.25) is 0 Å². The molecule has 39 heavy (non-hydrogen) atoms. The second-order valence-electron chi connectivity index (χ2n) is 9.38. The minimum Gasteiger partial charge on any atom is -0.493 e. The predicted molar refractivity (Wildman–Crippen MR) is 147 cm³/mol. The molecule has 1 aromatic heterocycles. The first-order chi connectivity index (χ1) is 18.9. The summed E-state index contributed by atoms with van der Waals surface area (Å²) in [5.74, 6) is 0.762. The third-order valence-electron chi connectivity index (χ3n) is 7.08. The summed E-state index contributed by atoms with van der Waals surface area (Å²) < 4.78 is 25.0. The molecule has 1 aliphatic heterocycles. The van der Waals surface area contributed by atoms with E-state index in [1.54, 1.807) is 31.3 Å². The van der Waals surface area contributed by atoms with E-state index in [4.69, 9.17) is 9.47 Å². The zero-order chi connectivity index (χ0) is 27.9. The van der Waals surface area contributed by atoms with Gasteiger partial charge >= 0.3 is 0 Å². The highest BCUT2D eigenvalue weighted by atomic mass is 19.1. The van der Waals surface area contributed by atoms with Gasteiger partial charge in [0.1, 0.15) is 12.4 Å². The molecule has 0 N–H and O–H groups in total. The Labute approximate surface area is 228 Å². The van der Waals surface area contributed by atoms with Gasteiger partial charge in [0.2, 0.25) is 5.91 Å². The molecule has 0 aliphatic carbocycles. The molecule has 2 amide bonds. The summed E-state index contributed by atoms with van der Waals surface area (Å²) in [4.78, 5) is 31.5. The summed E-state index contributed by atoms with van der Waals surface area (Å²) in [6, 6.07) is 15.1. The number of hydrogen-bond donors (Lipinski definition) is 0. The van der Waals surface area contributed by atoms with Crippen molar-refractivity contribution in [1.82, 2.24) is 20.0 Å². The normalized spacial score (nSPS) is 14.1. The van der Waals surface area contributed by atoms with Crippen LogP contribution in [-0.4, -0.2) is 84.8 Å². The van der Waals surface area contributed by atoms with Gasteiger partial charge in [-0.2, -0.15) is 0 Å². The molecule has 0 saturated carbocycles. The largest absolute Gasteiger partial charge is 0.493 e. The van der Waals surface area contributed by atoms with E-state index in [0.717, 1.165) is 11.4 Å². The smallest absolute Gasteiger partial charge is 0.257 e. The van der Waals surface area contributed by atoms with E-state index >= 15 is 0 Å². The third kappa shape index (κ3) is 6.27. The van der Waals surface area contributed by atoms with E-state index in [1.165, 1.54) is 17.0 Å². The maximum Gasteiger partial charge on any atom is 0.257 e. The van der Waals surface area contributed by atoms with Crippen LogP contribution < -0.4 is 14.4 Å². The molecule has 0 unspecified atom stereocenters. The number of halogens is 1. The van der Waals surface area contributed by atoms with Gasteiger partial charge in [-0.3, -0.25) is 9.59 Å². The van der Waals surface area contributed by atoms with Gasteiger partial charge in [0, 0.05) is 37.8 Å². The minimum absolute atomic E-state index is 0.0227. The molecule has 1 aliphatic rings. The zero-order valence-corrected chi connectivity index (χ0v) is 22.8. The van der Waals surface area contributed by atoms with Gasteiger partial charge in [-0.15, -0.1) is 10.2 Å². The fourth-order valence-electron chi connectivity index (χ4n) is 4.51. The molecule has 10 heteroatoms. The topological polar surface area (TPSA) is 88.1 Å². The second-order valence-corrected chi connectivity index (χ2v) is 9.38. The SMILES string of the molecule is CC[C@@H](C)N(CC(=O)N1CCN(c2ccc(-c3ccc(OC)c(OC)c3)nn2)CC1)C(=O)c1ccccc1F. The Morgan fingerprint density at radius 1 is 0.974 bits per heavy atom. The van der Waals surface area contributed by atoms with E-state index in [-0.39, 0.29) is 24.1 Å². The zero-order valence-electron chi connectivity index (χ0n) is 22.8. The number of nitrogens with zero attached hydrogens (tertiary/aromatic N) is 5. The quantitative estimate of drug-likeness (QED) is 0.411. The lowest BCUT2D eigenvalue weighted by atomic mass is 10.1. The number of methoxy groups -OCH3 is 2. The second kappa shape index (κ2) is 12.6. The number of carbonyl (C=O) groups is 2. The van der Waals surface area contributed by atoms with Gasteiger partial charge in [-0.1, -0.05) is 19.1 Å². The highest BCUT2D eigenvalue weighted by Gasteiger charge is 2.29. The molecule has 1 fully saturated rings. The van der Waals surface area contributed by atoms with Crippen LogP contribution in [-0.2, 0) is 4.79 Å². The molecule has 1 atom stereocenters. The summed E-state index contributed by atoms with van der Waals surface area (Å²) in [6.07, 6.45) is 0.652. The van der Waals surface area contributed by atoms with Crippen LogP contribution in [0.5, 0.6) is 11.5 Å². The number of amides is 2. The Hall–Kier alpha value is -4.21. The lowest BCUT2D eigenvalue weighted by molar-refractivity contribution is -0.132. The van der Waals surface area contributed by atoms with Gasteiger partial charge in [0.05, 0.1) is 25.5 Å². The van der Waals surface area contributed by atoms with Crippen molar-refractivity contribution in [3.05, 3.63) is 66.0 Å². The van der Waals surface area contributed by atoms with Crippen molar-refractivity contribution in [3.63, 3.8) is 0 Å². The van der Waals surface area contributed by atoms with Crippen LogP contribution in [0.3, 0.4) is 0 Å². The number of ether oxygens (including phenoxy) is 2. The summed E-state index contributed by atoms with van der Waals surface area (Å²) >= 11 is 0. The van der Waals surface area contributed by atoms with E-state index in [9.17, 15) is 14.0 Å². The highest BCUT2D eigenvalue weighted by Crippen LogP contribution is 2.31. The van der Waals surface area contributed by atoms with E-state index in [2.05, 4.69) is 15.1 Å². The van der Waals surface area contributed by atoms with Gasteiger partial charge in [-0.05, 0) is 55.8 Å². The Bertz CT molecular complexity index is 1300. The molecule has 0 spiro atoms. The van der Waals surface area contributed by atoms with Crippen LogP contribution >= 0.6 is 0 Å². The lowest BCUT2D eigenvalue weighted by Gasteiger charge is -2.37. The fraction of sp³-hybridized carbons (Fsp3) is 0.379. The van der Waals surface area contributed by atoms with Gasteiger partial charge in [0.25, 0.3) is 5.91 Å². The molecule has 0 radical (unpaired) electrons. The van der Waals surface area contributed by atoms with Crippen molar-refractivity contribution in [1.29, 1.82) is 0 Å². The minimum atomic E-state index is -0.588. The van der Waals surface area contributed by atoms with E-state index in [1.807, 2.05) is 44.2 Å². The molecule has 2 aromatic carbocycles. The van der Waals surface area contributed by atoms with Crippen LogP contribution in [0.15, 0.2) is 54.6 Å². The first-order valence-electron chi connectivity index (χ1n) is 13.0. The van der Waals surface area contributed by atoms with Crippen molar-refractivity contribution in [2.24, 2.45) is 0 Å². The number of anilines is 1. The average molecular weight is 536 g/mol. The van der Waals surface area contributed by atoms with E-state index in [0.29, 0.717) is 49.8 Å². The van der Waals surface area contributed by atoms with Crippen molar-refractivity contribution < 1.29 is 23.5 Å². The Kier molecular flexibility index (Phi) is 8.96. The van der Waals surface area contributed by atoms with Crippen LogP contribution in [0.25, 0.3) is 11.3 Å². The molecular weight excluding hydrogens is 501 g/mol. The monoisotopic (exact) mass is 535 g/mol. The summed E-state index contributed by atoms with van der Waals surface area (Å²) in [6.45, 7) is 5.85. The molecule has 4 rings (SSSR count). The molecule has 1 saturated heterocycles. The molecular formula is C29H34FN5O4. The van der Waals surface area contributed by atoms with Crippen molar-refractivity contribution in [2.75, 3.05) is 51.8 Å². The maximum absolute atomic E-state index is 14.3. The Morgan fingerprint density at radius 3 is 2.31 bits per heavy atom. The maximum atomic E-state index is 14.3. The molecule has 9 nitrogen and oxygen atoms in total. The van der Waals surface area contributed by atoms with Gasteiger partial charge in [-0.25, -0.2) is 4.39 Å². The number of piperazine rings is 1. The van der Waals surface area contributed by atoms with Crippen LogP contribution in [0.1, 0.15) is 30.6 Å². The van der Waals surface area contributed by atoms with Crippen LogP contribution in [0, 0.1) is 5.82 Å². The summed E-state index contributed by atoms with van der Waals surface area (Å²) in [7, 11) is 3.18. The summed E-state index contributed by atoms with van der Waals surface area (Å²) in [5, 5.41) is 8.80. The van der Waals surface area contributed by atoms with Gasteiger partial charge in [0.15, 0.2) is 17.3 Å². The number of rotatable bonds is 9. The Balaban J connectivity index is 1.37. The molecule has 0 bridgehead atoms. The highest BCUT2D eigenvalue weighted by molar-refractivity contribution is 5.97. The fourth-order valence-corrected chi connectivity index (χ4v) is 4.51. The number of carbonyl (C=O) groups excluding carboxylic acids is 2. The lowest BCUT2D eigenvalue weighted by Crippen LogP contribution is -2.53. The van der Waals surface area contributed by atoms with E-state index < -0.39 is 11.7 Å². The van der Waals surface area contributed by atoms with Crippen molar-refractivity contribution in [3.8, 4) is 22.8 Å². The predicted octanol–water partition coefficient (Wildman–Crippen LogP) is 3.89. The third-order valence-corrected chi connectivity index (χ3v) is 7.08. The first kappa shape index (κ1) is 27.8. The first-order valence-corrected chi connectivity index (χ1v) is 13.0. The standard InChI is InChI=1S/C29H34FN5O4/c1-5-20(2)35(29(37)22-8-6-7-9-23(22)30)19-28(36)34-16-14-33(15-17-34)27-13-11-24(31-32-27)21-10-12-25(38-3)26(18-21)39-4/h6-13,18,20H,5,14-17,19H2,1-4H3/t20-/m1/s1. The van der Waals surface area contributed by atoms with Crippen molar-refractivity contribution >= 4 is 17.6 Å². The summed E-state index contributed by atoms with van der Waals surface area (Å²) in [5.41, 5.74) is 1.54. The Morgan fingerprint density at radius 2 is 1.69 bits per heavy atom. The molecule has 206 valence electrons. The average Bonchev–Trinajstić information content (AvgIpc) is 2.99. The van der Waals surface area contributed by atoms with Crippen molar-refractivity contribution in [2.45, 2.75) is 26.3 Å². The number of hydrogen-bond acceptors (Lipinski definition) is 7. The van der Waals surface area contributed by atoms with Gasteiger partial charge < -0.3 is 24.2 Å². The molecule has 3 aromatic rings. The molecule has 2 heterocycles. The number of benzene rings is 2. The van der Waals surface area contributed by atoms with Crippen LogP contribution in [0.4, 0.5) is 10.2 Å².